The fourth-order valence-corrected chi connectivity index (χ4v) is 3.08. The molecule has 1 heterocycles. The van der Waals surface area contributed by atoms with Gasteiger partial charge in [0.15, 0.2) is 5.96 Å². The molecule has 7 nitrogen and oxygen atoms in total. The Balaban J connectivity index is 1.63. The molecular formula is C21H35N5O2. The molecule has 1 fully saturated rings. The lowest BCUT2D eigenvalue weighted by atomic mass is 10.2. The number of carbonyl (C=O) groups excluding carboxylic acids is 1. The van der Waals surface area contributed by atoms with Crippen molar-refractivity contribution < 1.29 is 9.53 Å². The smallest absolute Gasteiger partial charge is 0.407 e. The van der Waals surface area contributed by atoms with Crippen molar-refractivity contribution in [2.45, 2.75) is 39.3 Å². The molecule has 1 aliphatic heterocycles. The van der Waals surface area contributed by atoms with Gasteiger partial charge in [0, 0.05) is 52.9 Å². The van der Waals surface area contributed by atoms with Crippen LogP contribution in [0.3, 0.4) is 0 Å². The number of carbonyl (C=O) groups is 1. The van der Waals surface area contributed by atoms with Gasteiger partial charge in [-0.2, -0.15) is 0 Å². The van der Waals surface area contributed by atoms with Gasteiger partial charge in [0.25, 0.3) is 0 Å². The summed E-state index contributed by atoms with van der Waals surface area (Å²) >= 11 is 0. The molecule has 1 amide bonds. The second-order valence-electron chi connectivity index (χ2n) is 8.01. The van der Waals surface area contributed by atoms with Gasteiger partial charge < -0.3 is 20.3 Å². The number of nitrogens with zero attached hydrogens (tertiary/aromatic N) is 3. The molecule has 28 heavy (non-hydrogen) atoms. The van der Waals surface area contributed by atoms with Gasteiger partial charge in [-0.25, -0.2) is 4.79 Å². The standard InChI is InChI=1S/C21H35N5O2/c1-21(2,3)28-20(27)24-12-8-11-23-19(22-4)26-15-13-25(14-16-26)17-18-9-6-5-7-10-18/h5-7,9-10H,8,11-17H2,1-4H3,(H,22,23)(H,24,27). The molecule has 1 saturated heterocycles. The van der Waals surface area contributed by atoms with Crippen molar-refractivity contribution in [1.29, 1.82) is 0 Å². The molecule has 2 N–H and O–H groups in total. The van der Waals surface area contributed by atoms with Crippen LogP contribution in [0, 0.1) is 0 Å². The molecule has 0 radical (unpaired) electrons. The lowest BCUT2D eigenvalue weighted by molar-refractivity contribution is 0.0527. The van der Waals surface area contributed by atoms with E-state index in [0.29, 0.717) is 6.54 Å². The minimum atomic E-state index is -0.465. The number of piperazine rings is 1. The van der Waals surface area contributed by atoms with Crippen LogP contribution in [-0.2, 0) is 11.3 Å². The number of aliphatic imine (C=N–C) groups is 1. The highest BCUT2D eigenvalue weighted by molar-refractivity contribution is 5.80. The SMILES string of the molecule is CN=C(NCCCNC(=O)OC(C)(C)C)N1CCN(Cc2ccccc2)CC1. The average Bonchev–Trinajstić information content (AvgIpc) is 2.65. The second kappa shape index (κ2) is 10.9. The first-order chi connectivity index (χ1) is 13.4. The van der Waals surface area contributed by atoms with Crippen molar-refractivity contribution in [3.05, 3.63) is 35.9 Å². The maximum Gasteiger partial charge on any atom is 0.407 e. The van der Waals surface area contributed by atoms with Crippen LogP contribution in [-0.4, -0.2) is 73.8 Å². The Morgan fingerprint density at radius 1 is 1.07 bits per heavy atom. The van der Waals surface area contributed by atoms with E-state index in [-0.39, 0.29) is 6.09 Å². The highest BCUT2D eigenvalue weighted by Gasteiger charge is 2.19. The number of nitrogens with one attached hydrogen (secondary N) is 2. The molecule has 0 aliphatic carbocycles. The highest BCUT2D eigenvalue weighted by atomic mass is 16.6. The monoisotopic (exact) mass is 389 g/mol. The summed E-state index contributed by atoms with van der Waals surface area (Å²) in [6.07, 6.45) is 0.443. The molecule has 0 unspecified atom stereocenters. The summed E-state index contributed by atoms with van der Waals surface area (Å²) in [4.78, 5) is 20.8. The quantitative estimate of drug-likeness (QED) is 0.444. The molecule has 0 aromatic heterocycles. The van der Waals surface area contributed by atoms with Crippen LogP contribution in [0.25, 0.3) is 0 Å². The third kappa shape index (κ3) is 8.17. The van der Waals surface area contributed by atoms with Gasteiger partial charge in [0.1, 0.15) is 5.60 Å². The van der Waals surface area contributed by atoms with E-state index in [1.807, 2.05) is 27.8 Å². The van der Waals surface area contributed by atoms with E-state index in [4.69, 9.17) is 4.74 Å². The fraction of sp³-hybridized carbons (Fsp3) is 0.619. The number of benzene rings is 1. The van der Waals surface area contributed by atoms with Crippen molar-refractivity contribution in [3.63, 3.8) is 0 Å². The predicted octanol–water partition coefficient (Wildman–Crippen LogP) is 2.29. The Bertz CT molecular complexity index is 619. The highest BCUT2D eigenvalue weighted by Crippen LogP contribution is 2.09. The number of hydrogen-bond donors (Lipinski definition) is 2. The molecule has 1 aromatic rings. The molecule has 7 heteroatoms. The number of guanidine groups is 1. The molecular weight excluding hydrogens is 354 g/mol. The van der Waals surface area contributed by atoms with Gasteiger partial charge >= 0.3 is 6.09 Å². The van der Waals surface area contributed by atoms with E-state index < -0.39 is 5.60 Å². The van der Waals surface area contributed by atoms with E-state index in [9.17, 15) is 4.79 Å². The first-order valence-electron chi connectivity index (χ1n) is 10.1. The maximum absolute atomic E-state index is 11.6. The van der Waals surface area contributed by atoms with Crippen molar-refractivity contribution >= 4 is 12.1 Å². The first kappa shape index (κ1) is 22.0. The van der Waals surface area contributed by atoms with Crippen LogP contribution >= 0.6 is 0 Å². The van der Waals surface area contributed by atoms with Crippen molar-refractivity contribution in [2.75, 3.05) is 46.3 Å². The molecule has 156 valence electrons. The summed E-state index contributed by atoms with van der Waals surface area (Å²) in [5.41, 5.74) is 0.892. The van der Waals surface area contributed by atoms with Gasteiger partial charge in [-0.15, -0.1) is 0 Å². The van der Waals surface area contributed by atoms with E-state index >= 15 is 0 Å². The van der Waals surface area contributed by atoms with Crippen LogP contribution in [0.1, 0.15) is 32.8 Å². The largest absolute Gasteiger partial charge is 0.444 e. The number of hydrogen-bond acceptors (Lipinski definition) is 4. The molecule has 0 saturated carbocycles. The average molecular weight is 390 g/mol. The molecule has 2 rings (SSSR count). The Hall–Kier alpha value is -2.28. The minimum absolute atomic E-state index is 0.369. The number of alkyl carbamates (subject to hydrolysis) is 1. The maximum atomic E-state index is 11.6. The van der Waals surface area contributed by atoms with Gasteiger partial charge in [-0.05, 0) is 32.8 Å². The third-order valence-electron chi connectivity index (χ3n) is 4.44. The Morgan fingerprint density at radius 2 is 1.71 bits per heavy atom. The minimum Gasteiger partial charge on any atom is -0.444 e. The number of ether oxygens (including phenoxy) is 1. The fourth-order valence-electron chi connectivity index (χ4n) is 3.08. The summed E-state index contributed by atoms with van der Waals surface area (Å²) < 4.78 is 5.23. The van der Waals surface area contributed by atoms with E-state index in [0.717, 1.165) is 51.6 Å². The molecule has 0 bridgehead atoms. The second-order valence-corrected chi connectivity index (χ2v) is 8.01. The van der Waals surface area contributed by atoms with Crippen LogP contribution in [0.4, 0.5) is 4.79 Å². The lowest BCUT2D eigenvalue weighted by Gasteiger charge is -2.36. The lowest BCUT2D eigenvalue weighted by Crippen LogP contribution is -2.52. The normalized spacial score (nSPS) is 16.0. The van der Waals surface area contributed by atoms with Gasteiger partial charge in [-0.3, -0.25) is 9.89 Å². The van der Waals surface area contributed by atoms with Crippen LogP contribution in [0.2, 0.25) is 0 Å². The summed E-state index contributed by atoms with van der Waals surface area (Å²) in [5.74, 6) is 0.927. The Labute approximate surface area is 169 Å². The molecule has 1 aromatic carbocycles. The molecule has 1 aliphatic rings. The van der Waals surface area contributed by atoms with Crippen molar-refractivity contribution in [3.8, 4) is 0 Å². The Kier molecular flexibility index (Phi) is 8.57. The zero-order valence-corrected chi connectivity index (χ0v) is 17.7. The van der Waals surface area contributed by atoms with Crippen LogP contribution < -0.4 is 10.6 Å². The van der Waals surface area contributed by atoms with E-state index in [1.165, 1.54) is 5.56 Å². The zero-order valence-electron chi connectivity index (χ0n) is 17.7. The Morgan fingerprint density at radius 3 is 2.32 bits per heavy atom. The van der Waals surface area contributed by atoms with E-state index in [1.54, 1.807) is 0 Å². The molecule has 0 spiro atoms. The predicted molar refractivity (Wildman–Crippen MR) is 114 cm³/mol. The third-order valence-corrected chi connectivity index (χ3v) is 4.44. The van der Waals surface area contributed by atoms with Crippen molar-refractivity contribution in [1.82, 2.24) is 20.4 Å². The van der Waals surface area contributed by atoms with Crippen LogP contribution in [0.15, 0.2) is 35.3 Å². The van der Waals surface area contributed by atoms with E-state index in [2.05, 4.69) is 55.8 Å². The van der Waals surface area contributed by atoms with Gasteiger partial charge in [0.2, 0.25) is 0 Å². The summed E-state index contributed by atoms with van der Waals surface area (Å²) in [6, 6.07) is 10.6. The summed E-state index contributed by atoms with van der Waals surface area (Å²) in [5, 5.41) is 6.17. The van der Waals surface area contributed by atoms with Gasteiger partial charge in [0.05, 0.1) is 0 Å². The number of amides is 1. The zero-order chi connectivity index (χ0) is 20.4. The summed E-state index contributed by atoms with van der Waals surface area (Å²) in [6.45, 7) is 11.9. The van der Waals surface area contributed by atoms with Gasteiger partial charge in [-0.1, -0.05) is 30.3 Å². The van der Waals surface area contributed by atoms with Crippen LogP contribution in [0.5, 0.6) is 0 Å². The number of rotatable bonds is 6. The molecule has 0 atom stereocenters. The first-order valence-corrected chi connectivity index (χ1v) is 10.1. The van der Waals surface area contributed by atoms with Crippen molar-refractivity contribution in [2.24, 2.45) is 4.99 Å². The summed E-state index contributed by atoms with van der Waals surface area (Å²) in [7, 11) is 1.82. The topological polar surface area (TPSA) is 69.2 Å².